The summed E-state index contributed by atoms with van der Waals surface area (Å²) in [6.45, 7) is 0.931. The first kappa shape index (κ1) is 10.3. The van der Waals surface area contributed by atoms with Crippen LogP contribution >= 0.6 is 0 Å². The van der Waals surface area contributed by atoms with Gasteiger partial charge in [0.15, 0.2) is 0 Å². The second-order valence-electron chi connectivity index (χ2n) is 4.21. The van der Waals surface area contributed by atoms with Gasteiger partial charge < -0.3 is 10.5 Å². The molecule has 1 aliphatic carbocycles. The SMILES string of the molecule is COc1ccc(CN(C)C2CC2)c(N)c1. The highest BCUT2D eigenvalue weighted by Gasteiger charge is 2.26. The van der Waals surface area contributed by atoms with Gasteiger partial charge in [-0.1, -0.05) is 6.07 Å². The molecule has 0 unspecified atom stereocenters. The van der Waals surface area contributed by atoms with E-state index in [-0.39, 0.29) is 0 Å². The van der Waals surface area contributed by atoms with Crippen molar-refractivity contribution in [3.05, 3.63) is 23.8 Å². The monoisotopic (exact) mass is 206 g/mol. The Kier molecular flexibility index (Phi) is 2.82. The van der Waals surface area contributed by atoms with Crippen LogP contribution in [0.3, 0.4) is 0 Å². The smallest absolute Gasteiger partial charge is 0.120 e. The van der Waals surface area contributed by atoms with Crippen molar-refractivity contribution in [2.75, 3.05) is 19.9 Å². The van der Waals surface area contributed by atoms with E-state index in [4.69, 9.17) is 10.5 Å². The van der Waals surface area contributed by atoms with Crippen molar-refractivity contribution in [3.8, 4) is 5.75 Å². The molecule has 0 radical (unpaired) electrons. The van der Waals surface area contributed by atoms with Crippen molar-refractivity contribution in [1.29, 1.82) is 0 Å². The Morgan fingerprint density at radius 3 is 2.73 bits per heavy atom. The van der Waals surface area contributed by atoms with Crippen LogP contribution in [0.1, 0.15) is 18.4 Å². The van der Waals surface area contributed by atoms with Gasteiger partial charge in [0.2, 0.25) is 0 Å². The molecule has 0 atom stereocenters. The van der Waals surface area contributed by atoms with Crippen LogP contribution < -0.4 is 10.5 Å². The molecule has 0 amide bonds. The fourth-order valence-corrected chi connectivity index (χ4v) is 1.76. The summed E-state index contributed by atoms with van der Waals surface area (Å²) in [6.07, 6.45) is 2.65. The lowest BCUT2D eigenvalue weighted by molar-refractivity contribution is 0.317. The first-order valence-corrected chi connectivity index (χ1v) is 5.33. The highest BCUT2D eigenvalue weighted by molar-refractivity contribution is 5.51. The van der Waals surface area contributed by atoms with Gasteiger partial charge in [-0.15, -0.1) is 0 Å². The summed E-state index contributed by atoms with van der Waals surface area (Å²) in [6, 6.07) is 6.67. The summed E-state index contributed by atoms with van der Waals surface area (Å²) in [5, 5.41) is 0. The molecule has 0 saturated heterocycles. The molecule has 1 saturated carbocycles. The maximum absolute atomic E-state index is 5.96. The molecule has 0 heterocycles. The minimum atomic E-state index is 0.770. The molecule has 0 aliphatic heterocycles. The zero-order valence-corrected chi connectivity index (χ0v) is 9.36. The molecule has 2 rings (SSSR count). The van der Waals surface area contributed by atoms with Gasteiger partial charge in [0.25, 0.3) is 0 Å². The Morgan fingerprint density at radius 2 is 2.20 bits per heavy atom. The normalized spacial score (nSPS) is 15.7. The van der Waals surface area contributed by atoms with E-state index in [0.29, 0.717) is 0 Å². The number of ether oxygens (including phenoxy) is 1. The molecular formula is C12H18N2O. The van der Waals surface area contributed by atoms with Crippen LogP contribution in [-0.4, -0.2) is 25.1 Å². The van der Waals surface area contributed by atoms with Crippen LogP contribution in [0.4, 0.5) is 5.69 Å². The van der Waals surface area contributed by atoms with Crippen LogP contribution in [0.15, 0.2) is 18.2 Å². The molecule has 0 bridgehead atoms. The molecule has 1 aliphatic rings. The minimum Gasteiger partial charge on any atom is -0.497 e. The number of anilines is 1. The van der Waals surface area contributed by atoms with E-state index in [9.17, 15) is 0 Å². The maximum Gasteiger partial charge on any atom is 0.120 e. The van der Waals surface area contributed by atoms with E-state index in [0.717, 1.165) is 24.0 Å². The lowest BCUT2D eigenvalue weighted by atomic mass is 10.1. The topological polar surface area (TPSA) is 38.5 Å². The Bertz CT molecular complexity index is 347. The number of methoxy groups -OCH3 is 1. The molecule has 1 aromatic carbocycles. The largest absolute Gasteiger partial charge is 0.497 e. The molecule has 3 nitrogen and oxygen atoms in total. The Labute approximate surface area is 90.8 Å². The first-order chi connectivity index (χ1) is 7.20. The van der Waals surface area contributed by atoms with E-state index >= 15 is 0 Å². The summed E-state index contributed by atoms with van der Waals surface area (Å²) < 4.78 is 5.12. The van der Waals surface area contributed by atoms with Gasteiger partial charge in [0, 0.05) is 24.3 Å². The van der Waals surface area contributed by atoms with Crippen molar-refractivity contribution in [2.45, 2.75) is 25.4 Å². The number of rotatable bonds is 4. The summed E-state index contributed by atoms with van der Waals surface area (Å²) in [7, 11) is 3.81. The third kappa shape index (κ3) is 2.42. The highest BCUT2D eigenvalue weighted by atomic mass is 16.5. The molecular weight excluding hydrogens is 188 g/mol. The van der Waals surface area contributed by atoms with Crippen LogP contribution in [-0.2, 0) is 6.54 Å². The summed E-state index contributed by atoms with van der Waals surface area (Å²) >= 11 is 0. The molecule has 2 N–H and O–H groups in total. The van der Waals surface area contributed by atoms with Gasteiger partial charge in [-0.25, -0.2) is 0 Å². The van der Waals surface area contributed by atoms with E-state index in [1.165, 1.54) is 18.4 Å². The number of nitrogen functional groups attached to an aromatic ring is 1. The number of nitrogens with two attached hydrogens (primary N) is 1. The maximum atomic E-state index is 5.96. The van der Waals surface area contributed by atoms with Crippen molar-refractivity contribution < 1.29 is 4.74 Å². The van der Waals surface area contributed by atoms with E-state index in [2.05, 4.69) is 11.9 Å². The van der Waals surface area contributed by atoms with Gasteiger partial charge in [0.1, 0.15) is 5.75 Å². The van der Waals surface area contributed by atoms with E-state index in [1.807, 2.05) is 18.2 Å². The number of benzene rings is 1. The van der Waals surface area contributed by atoms with Gasteiger partial charge in [-0.3, -0.25) is 4.90 Å². The third-order valence-corrected chi connectivity index (χ3v) is 2.94. The molecule has 3 heteroatoms. The second-order valence-corrected chi connectivity index (χ2v) is 4.21. The molecule has 82 valence electrons. The summed E-state index contributed by atoms with van der Waals surface area (Å²) in [5.74, 6) is 0.824. The predicted octanol–water partition coefficient (Wildman–Crippen LogP) is 1.87. The molecule has 1 fully saturated rings. The number of hydrogen-bond acceptors (Lipinski definition) is 3. The van der Waals surface area contributed by atoms with Gasteiger partial charge in [0.05, 0.1) is 7.11 Å². The Balaban J connectivity index is 2.07. The molecule has 15 heavy (non-hydrogen) atoms. The lowest BCUT2D eigenvalue weighted by Crippen LogP contribution is -2.20. The zero-order valence-electron chi connectivity index (χ0n) is 9.36. The van der Waals surface area contributed by atoms with Crippen molar-refractivity contribution in [1.82, 2.24) is 4.90 Å². The highest BCUT2D eigenvalue weighted by Crippen LogP contribution is 2.28. The minimum absolute atomic E-state index is 0.770. The van der Waals surface area contributed by atoms with E-state index in [1.54, 1.807) is 7.11 Å². The third-order valence-electron chi connectivity index (χ3n) is 2.94. The fraction of sp³-hybridized carbons (Fsp3) is 0.500. The Hall–Kier alpha value is -1.22. The molecule has 1 aromatic rings. The fourth-order valence-electron chi connectivity index (χ4n) is 1.76. The summed E-state index contributed by atoms with van der Waals surface area (Å²) in [4.78, 5) is 2.36. The van der Waals surface area contributed by atoms with Crippen molar-refractivity contribution >= 4 is 5.69 Å². The van der Waals surface area contributed by atoms with Crippen LogP contribution in [0.25, 0.3) is 0 Å². The van der Waals surface area contributed by atoms with Crippen LogP contribution in [0.5, 0.6) is 5.75 Å². The van der Waals surface area contributed by atoms with Crippen molar-refractivity contribution in [2.24, 2.45) is 0 Å². The van der Waals surface area contributed by atoms with Gasteiger partial charge >= 0.3 is 0 Å². The average molecular weight is 206 g/mol. The number of nitrogens with zero attached hydrogens (tertiary/aromatic N) is 1. The quantitative estimate of drug-likeness (QED) is 0.764. The molecule has 0 aromatic heterocycles. The Morgan fingerprint density at radius 1 is 1.47 bits per heavy atom. The second kappa shape index (κ2) is 4.11. The predicted molar refractivity (Wildman–Crippen MR) is 61.9 cm³/mol. The molecule has 0 spiro atoms. The van der Waals surface area contributed by atoms with Crippen LogP contribution in [0.2, 0.25) is 0 Å². The average Bonchev–Trinajstić information content (AvgIpc) is 3.04. The van der Waals surface area contributed by atoms with Gasteiger partial charge in [-0.05, 0) is 31.5 Å². The number of hydrogen-bond donors (Lipinski definition) is 1. The lowest BCUT2D eigenvalue weighted by Gasteiger charge is -2.17. The first-order valence-electron chi connectivity index (χ1n) is 5.33. The summed E-state index contributed by atoms with van der Waals surface area (Å²) in [5.41, 5.74) is 7.97. The van der Waals surface area contributed by atoms with Crippen molar-refractivity contribution in [3.63, 3.8) is 0 Å². The van der Waals surface area contributed by atoms with Crippen LogP contribution in [0, 0.1) is 0 Å². The zero-order chi connectivity index (χ0) is 10.8. The van der Waals surface area contributed by atoms with E-state index < -0.39 is 0 Å². The standard InChI is InChI=1S/C12H18N2O/c1-14(10-4-5-10)8-9-3-6-11(15-2)7-12(9)13/h3,6-7,10H,4-5,8,13H2,1-2H3. The van der Waals surface area contributed by atoms with Gasteiger partial charge in [-0.2, -0.15) is 0 Å².